The highest BCUT2D eigenvalue weighted by Crippen LogP contribution is 1.92. The van der Waals surface area contributed by atoms with Gasteiger partial charge in [-0.25, -0.2) is 0 Å². The van der Waals surface area contributed by atoms with Crippen molar-refractivity contribution in [2.45, 2.75) is 46.5 Å². The standard InChI is InChI=1S/C8H19N.C7H8.CH4O/c1-3-5-7-9-8-6-4-2;1-7-5-3-2-4-6-7;1-2/h9H,3-8H2,1-2H3;2-6H,1H3;2H,1H3. The maximum absolute atomic E-state index is 7.00. The fourth-order valence-electron chi connectivity index (χ4n) is 1.26. The summed E-state index contributed by atoms with van der Waals surface area (Å²) >= 11 is 0. The predicted molar refractivity (Wildman–Crippen MR) is 82.0 cm³/mol. The summed E-state index contributed by atoms with van der Waals surface area (Å²) in [5.74, 6) is 0. The van der Waals surface area contributed by atoms with Gasteiger partial charge in [0.25, 0.3) is 0 Å². The van der Waals surface area contributed by atoms with Crippen LogP contribution in [0.5, 0.6) is 0 Å². The number of aliphatic hydroxyl groups excluding tert-OH is 1. The van der Waals surface area contributed by atoms with Crippen LogP contribution in [0.4, 0.5) is 0 Å². The van der Waals surface area contributed by atoms with E-state index < -0.39 is 0 Å². The number of rotatable bonds is 6. The van der Waals surface area contributed by atoms with Gasteiger partial charge in [0.2, 0.25) is 0 Å². The highest BCUT2D eigenvalue weighted by Gasteiger charge is 1.83. The summed E-state index contributed by atoms with van der Waals surface area (Å²) in [6.07, 6.45) is 5.26. The monoisotopic (exact) mass is 253 g/mol. The Kier molecular flexibility index (Phi) is 20.0. The zero-order valence-corrected chi connectivity index (χ0v) is 12.6. The predicted octanol–water partition coefficient (Wildman–Crippen LogP) is 3.78. The lowest BCUT2D eigenvalue weighted by atomic mass is 10.2. The second-order valence-corrected chi connectivity index (χ2v) is 4.11. The third-order valence-electron chi connectivity index (χ3n) is 2.35. The van der Waals surface area contributed by atoms with Gasteiger partial charge in [-0.2, -0.15) is 0 Å². The van der Waals surface area contributed by atoms with Crippen LogP contribution in [0.3, 0.4) is 0 Å². The Morgan fingerprint density at radius 3 is 1.61 bits per heavy atom. The summed E-state index contributed by atoms with van der Waals surface area (Å²) < 4.78 is 0. The smallest absolute Gasteiger partial charge is 0.0319 e. The topological polar surface area (TPSA) is 32.3 Å². The van der Waals surface area contributed by atoms with E-state index in [2.05, 4.69) is 38.2 Å². The Hall–Kier alpha value is -0.860. The van der Waals surface area contributed by atoms with E-state index in [0.717, 1.165) is 7.11 Å². The van der Waals surface area contributed by atoms with Crippen LogP contribution in [0.2, 0.25) is 0 Å². The largest absolute Gasteiger partial charge is 0.400 e. The molecule has 0 aliphatic rings. The molecule has 0 heterocycles. The number of hydrogen-bond acceptors (Lipinski definition) is 2. The van der Waals surface area contributed by atoms with Crippen molar-refractivity contribution in [3.63, 3.8) is 0 Å². The first-order valence-electron chi connectivity index (χ1n) is 6.98. The molecule has 2 heteroatoms. The normalized spacial score (nSPS) is 8.72. The van der Waals surface area contributed by atoms with Crippen molar-refractivity contribution in [3.05, 3.63) is 35.9 Å². The quantitative estimate of drug-likeness (QED) is 0.756. The van der Waals surface area contributed by atoms with Crippen LogP contribution in [0.15, 0.2) is 30.3 Å². The van der Waals surface area contributed by atoms with Gasteiger partial charge in [-0.3, -0.25) is 0 Å². The van der Waals surface area contributed by atoms with Gasteiger partial charge in [0, 0.05) is 7.11 Å². The Bertz CT molecular complexity index is 218. The molecule has 0 bridgehead atoms. The fraction of sp³-hybridized carbons (Fsp3) is 0.625. The zero-order valence-electron chi connectivity index (χ0n) is 12.6. The molecule has 0 atom stereocenters. The van der Waals surface area contributed by atoms with Crippen LogP contribution >= 0.6 is 0 Å². The van der Waals surface area contributed by atoms with Crippen molar-refractivity contribution in [1.82, 2.24) is 5.32 Å². The molecule has 106 valence electrons. The molecule has 2 N–H and O–H groups in total. The van der Waals surface area contributed by atoms with Crippen LogP contribution in [0, 0.1) is 6.92 Å². The highest BCUT2D eigenvalue weighted by molar-refractivity contribution is 5.11. The van der Waals surface area contributed by atoms with E-state index in [-0.39, 0.29) is 0 Å². The second kappa shape index (κ2) is 18.5. The molecule has 0 saturated heterocycles. The molecule has 0 saturated carbocycles. The van der Waals surface area contributed by atoms with E-state index in [1.807, 2.05) is 18.2 Å². The molecule has 0 aliphatic heterocycles. The summed E-state index contributed by atoms with van der Waals surface area (Å²) in [6.45, 7) is 8.94. The first-order chi connectivity index (χ1) is 8.81. The summed E-state index contributed by atoms with van der Waals surface area (Å²) in [5, 5.41) is 10.4. The van der Waals surface area contributed by atoms with Gasteiger partial charge in [0.1, 0.15) is 0 Å². The van der Waals surface area contributed by atoms with Crippen molar-refractivity contribution in [2.75, 3.05) is 20.2 Å². The van der Waals surface area contributed by atoms with Gasteiger partial charge in [0.15, 0.2) is 0 Å². The van der Waals surface area contributed by atoms with Crippen molar-refractivity contribution < 1.29 is 5.11 Å². The van der Waals surface area contributed by atoms with Crippen molar-refractivity contribution >= 4 is 0 Å². The molecule has 1 aromatic carbocycles. The van der Waals surface area contributed by atoms with Gasteiger partial charge in [-0.1, -0.05) is 62.6 Å². The summed E-state index contributed by atoms with van der Waals surface area (Å²) in [7, 11) is 1.00. The molecular weight excluding hydrogens is 222 g/mol. The van der Waals surface area contributed by atoms with Crippen molar-refractivity contribution in [1.29, 1.82) is 0 Å². The SMILES string of the molecule is CCCCNCCCC.CO.Cc1ccccc1. The van der Waals surface area contributed by atoms with E-state index in [1.54, 1.807) is 0 Å². The number of aryl methyl sites for hydroxylation is 1. The van der Waals surface area contributed by atoms with Gasteiger partial charge in [0.05, 0.1) is 0 Å². The molecule has 18 heavy (non-hydrogen) atoms. The van der Waals surface area contributed by atoms with Crippen LogP contribution in [0.1, 0.15) is 45.1 Å². The van der Waals surface area contributed by atoms with E-state index >= 15 is 0 Å². The molecule has 1 aromatic rings. The van der Waals surface area contributed by atoms with E-state index in [0.29, 0.717) is 0 Å². The molecule has 1 rings (SSSR count). The lowest BCUT2D eigenvalue weighted by Crippen LogP contribution is -2.15. The van der Waals surface area contributed by atoms with E-state index in [1.165, 1.54) is 44.3 Å². The third kappa shape index (κ3) is 17.5. The maximum Gasteiger partial charge on any atom is 0.0319 e. The number of unbranched alkanes of at least 4 members (excludes halogenated alkanes) is 2. The first kappa shape index (κ1) is 19.5. The van der Waals surface area contributed by atoms with E-state index in [4.69, 9.17) is 5.11 Å². The zero-order chi connectivity index (χ0) is 14.1. The van der Waals surface area contributed by atoms with Crippen LogP contribution in [-0.2, 0) is 0 Å². The minimum Gasteiger partial charge on any atom is -0.400 e. The van der Waals surface area contributed by atoms with Gasteiger partial charge >= 0.3 is 0 Å². The van der Waals surface area contributed by atoms with E-state index in [9.17, 15) is 0 Å². The average Bonchev–Trinajstić information content (AvgIpc) is 2.43. The Labute approximate surface area is 113 Å². The van der Waals surface area contributed by atoms with Crippen LogP contribution < -0.4 is 5.32 Å². The molecule has 2 nitrogen and oxygen atoms in total. The third-order valence-corrected chi connectivity index (χ3v) is 2.35. The van der Waals surface area contributed by atoms with Gasteiger partial charge in [-0.15, -0.1) is 0 Å². The second-order valence-electron chi connectivity index (χ2n) is 4.11. The Morgan fingerprint density at radius 2 is 1.33 bits per heavy atom. The highest BCUT2D eigenvalue weighted by atomic mass is 16.2. The van der Waals surface area contributed by atoms with Crippen LogP contribution in [0.25, 0.3) is 0 Å². The summed E-state index contributed by atoms with van der Waals surface area (Å²) in [5.41, 5.74) is 1.32. The average molecular weight is 253 g/mol. The van der Waals surface area contributed by atoms with Gasteiger partial charge < -0.3 is 10.4 Å². The summed E-state index contributed by atoms with van der Waals surface area (Å²) in [4.78, 5) is 0. The lowest BCUT2D eigenvalue weighted by molar-refractivity contribution is 0.399. The lowest BCUT2D eigenvalue weighted by Gasteiger charge is -1.99. The Morgan fingerprint density at radius 1 is 0.889 bits per heavy atom. The number of nitrogens with one attached hydrogen (secondary N) is 1. The fourth-order valence-corrected chi connectivity index (χ4v) is 1.26. The van der Waals surface area contributed by atoms with Crippen molar-refractivity contribution in [2.24, 2.45) is 0 Å². The molecule has 0 unspecified atom stereocenters. The van der Waals surface area contributed by atoms with Gasteiger partial charge in [-0.05, 0) is 32.9 Å². The molecule has 0 aromatic heterocycles. The molecule has 0 fully saturated rings. The van der Waals surface area contributed by atoms with Crippen LogP contribution in [-0.4, -0.2) is 25.3 Å². The summed E-state index contributed by atoms with van der Waals surface area (Å²) in [6, 6.07) is 10.3. The first-order valence-corrected chi connectivity index (χ1v) is 6.98. The molecule has 0 amide bonds. The number of hydrogen-bond donors (Lipinski definition) is 2. The molecular formula is C16H31NO. The molecule has 0 aliphatic carbocycles. The minimum atomic E-state index is 1.00. The van der Waals surface area contributed by atoms with Crippen molar-refractivity contribution in [3.8, 4) is 0 Å². The number of aliphatic hydroxyl groups is 1. The minimum absolute atomic E-state index is 1.00. The molecule has 0 radical (unpaired) electrons. The number of benzene rings is 1. The Balaban J connectivity index is 0. The molecule has 0 spiro atoms. The maximum atomic E-state index is 7.00.